The fraction of sp³-hybridized carbons (Fsp3) is 0.0769. The van der Waals surface area contributed by atoms with Gasteiger partial charge in [-0.15, -0.1) is 0 Å². The Morgan fingerprint density at radius 2 is 1.62 bits per heavy atom. The number of anilines is 1. The van der Waals surface area contributed by atoms with E-state index < -0.39 is 14.9 Å². The number of benzene rings is 2. The van der Waals surface area contributed by atoms with Gasteiger partial charge in [0.15, 0.2) is 0 Å². The zero-order chi connectivity index (χ0) is 15.5. The van der Waals surface area contributed by atoms with E-state index in [0.29, 0.717) is 11.3 Å². The maximum atomic E-state index is 12.0. The molecule has 2 aromatic rings. The molecule has 8 heteroatoms. The highest BCUT2D eigenvalue weighted by Gasteiger charge is 2.13. The molecule has 2 N–H and O–H groups in total. The number of nitro benzene ring substituents is 1. The molecule has 0 saturated heterocycles. The summed E-state index contributed by atoms with van der Waals surface area (Å²) < 4.78 is 26.3. The lowest BCUT2D eigenvalue weighted by Crippen LogP contribution is -2.14. The first-order valence-electron chi connectivity index (χ1n) is 5.88. The van der Waals surface area contributed by atoms with Crippen LogP contribution >= 0.6 is 0 Å². The molecule has 0 saturated carbocycles. The smallest absolute Gasteiger partial charge is 0.269 e. The minimum Gasteiger partial charge on any atom is -0.508 e. The van der Waals surface area contributed by atoms with Crippen LogP contribution in [0.5, 0.6) is 5.75 Å². The number of sulfonamides is 1. The Labute approximate surface area is 121 Å². The summed E-state index contributed by atoms with van der Waals surface area (Å²) in [5, 5.41) is 19.6. The van der Waals surface area contributed by atoms with Crippen LogP contribution in [-0.2, 0) is 15.8 Å². The van der Waals surface area contributed by atoms with E-state index in [4.69, 9.17) is 5.11 Å². The molecule has 0 aliphatic rings. The van der Waals surface area contributed by atoms with Crippen LogP contribution in [0.3, 0.4) is 0 Å². The summed E-state index contributed by atoms with van der Waals surface area (Å²) in [7, 11) is -3.64. The van der Waals surface area contributed by atoms with E-state index in [1.807, 2.05) is 0 Å². The lowest BCUT2D eigenvalue weighted by molar-refractivity contribution is -0.384. The Morgan fingerprint density at radius 1 is 1.05 bits per heavy atom. The molecular formula is C13H12N2O5S. The van der Waals surface area contributed by atoms with Gasteiger partial charge in [-0.25, -0.2) is 8.42 Å². The van der Waals surface area contributed by atoms with Gasteiger partial charge in [0, 0.05) is 17.8 Å². The summed E-state index contributed by atoms with van der Waals surface area (Å²) in [6, 6.07) is 10.9. The molecule has 0 radical (unpaired) electrons. The molecule has 0 heterocycles. The summed E-state index contributed by atoms with van der Waals surface area (Å²) in [6.45, 7) is 0. The van der Waals surface area contributed by atoms with Crippen LogP contribution in [0.15, 0.2) is 48.5 Å². The number of phenolic OH excluding ortho intramolecular Hbond substituents is 1. The van der Waals surface area contributed by atoms with E-state index in [-0.39, 0.29) is 17.2 Å². The maximum Gasteiger partial charge on any atom is 0.269 e. The van der Waals surface area contributed by atoms with Crippen molar-refractivity contribution in [3.63, 3.8) is 0 Å². The summed E-state index contributed by atoms with van der Waals surface area (Å²) in [5.74, 6) is -0.264. The molecule has 0 atom stereocenters. The van der Waals surface area contributed by atoms with Gasteiger partial charge in [0.1, 0.15) is 5.75 Å². The average Bonchev–Trinajstić information content (AvgIpc) is 2.41. The Hall–Kier alpha value is -2.61. The van der Waals surface area contributed by atoms with E-state index in [1.54, 1.807) is 0 Å². The Kier molecular flexibility index (Phi) is 4.08. The number of phenols is 1. The maximum absolute atomic E-state index is 12.0. The number of non-ortho nitro benzene ring substituents is 1. The third-order valence-corrected chi connectivity index (χ3v) is 3.90. The number of nitrogens with zero attached hydrogens (tertiary/aromatic N) is 1. The topological polar surface area (TPSA) is 110 Å². The van der Waals surface area contributed by atoms with Crippen LogP contribution in [-0.4, -0.2) is 18.4 Å². The monoisotopic (exact) mass is 308 g/mol. The Balaban J connectivity index is 2.10. The summed E-state index contributed by atoms with van der Waals surface area (Å²) in [4.78, 5) is 9.97. The van der Waals surface area contributed by atoms with Gasteiger partial charge < -0.3 is 5.11 Å². The third-order valence-electron chi connectivity index (χ3n) is 2.64. The zero-order valence-corrected chi connectivity index (χ0v) is 11.6. The molecule has 0 amide bonds. The van der Waals surface area contributed by atoms with Gasteiger partial charge in [-0.3, -0.25) is 14.8 Å². The highest BCUT2D eigenvalue weighted by Crippen LogP contribution is 2.18. The molecule has 21 heavy (non-hydrogen) atoms. The normalized spacial score (nSPS) is 11.0. The number of rotatable bonds is 5. The highest BCUT2D eigenvalue weighted by molar-refractivity contribution is 7.91. The van der Waals surface area contributed by atoms with Gasteiger partial charge >= 0.3 is 0 Å². The average molecular weight is 308 g/mol. The number of hydrogen-bond donors (Lipinski definition) is 2. The number of hydrogen-bond acceptors (Lipinski definition) is 5. The van der Waals surface area contributed by atoms with E-state index >= 15 is 0 Å². The second kappa shape index (κ2) is 5.80. The number of aromatic hydroxyl groups is 1. The van der Waals surface area contributed by atoms with E-state index in [1.165, 1.54) is 48.5 Å². The van der Waals surface area contributed by atoms with Crippen molar-refractivity contribution in [3.8, 4) is 5.75 Å². The van der Waals surface area contributed by atoms with Gasteiger partial charge in [-0.2, -0.15) is 0 Å². The standard InChI is InChI=1S/C13H12N2O5S/c16-13-7-3-11(4-8-13)14-21(19,20)9-10-1-5-12(6-2-10)15(17)18/h1-8,14,16H,9H2. The van der Waals surface area contributed by atoms with Crippen LogP contribution in [0.4, 0.5) is 11.4 Å². The molecule has 0 bridgehead atoms. The molecule has 0 aliphatic heterocycles. The summed E-state index contributed by atoms with van der Waals surface area (Å²) in [5.41, 5.74) is 0.671. The van der Waals surface area contributed by atoms with Crippen LogP contribution in [0, 0.1) is 10.1 Å². The van der Waals surface area contributed by atoms with Gasteiger partial charge in [0.05, 0.1) is 10.7 Å². The highest BCUT2D eigenvalue weighted by atomic mass is 32.2. The fourth-order valence-electron chi connectivity index (χ4n) is 1.68. The second-order valence-corrected chi connectivity index (χ2v) is 6.05. The van der Waals surface area contributed by atoms with Crippen LogP contribution in [0.25, 0.3) is 0 Å². The lowest BCUT2D eigenvalue weighted by atomic mass is 10.2. The molecule has 0 unspecified atom stereocenters. The SMILES string of the molecule is O=[N+]([O-])c1ccc(CS(=O)(=O)Nc2ccc(O)cc2)cc1. The number of nitrogens with one attached hydrogen (secondary N) is 1. The second-order valence-electron chi connectivity index (χ2n) is 4.33. The minimum atomic E-state index is -3.64. The molecule has 0 fully saturated rings. The van der Waals surface area contributed by atoms with Crippen molar-refractivity contribution in [2.24, 2.45) is 0 Å². The first-order valence-corrected chi connectivity index (χ1v) is 7.54. The molecule has 2 rings (SSSR count). The molecular weight excluding hydrogens is 296 g/mol. The van der Waals surface area contributed by atoms with Crippen molar-refractivity contribution in [2.45, 2.75) is 5.75 Å². The lowest BCUT2D eigenvalue weighted by Gasteiger charge is -2.08. The molecule has 0 aliphatic carbocycles. The third kappa shape index (κ3) is 4.18. The van der Waals surface area contributed by atoms with Gasteiger partial charge in [-0.1, -0.05) is 12.1 Å². The van der Waals surface area contributed by atoms with Gasteiger partial charge in [0.2, 0.25) is 10.0 Å². The minimum absolute atomic E-state index is 0.0355. The molecule has 0 spiro atoms. The number of nitro groups is 1. The van der Waals surface area contributed by atoms with Crippen LogP contribution < -0.4 is 4.72 Å². The Bertz CT molecular complexity index is 739. The van der Waals surface area contributed by atoms with E-state index in [9.17, 15) is 18.5 Å². The van der Waals surface area contributed by atoms with Gasteiger partial charge in [-0.05, 0) is 29.8 Å². The van der Waals surface area contributed by atoms with Crippen LogP contribution in [0.2, 0.25) is 0 Å². The van der Waals surface area contributed by atoms with Crippen molar-refractivity contribution < 1.29 is 18.4 Å². The first-order chi connectivity index (χ1) is 9.85. The molecule has 7 nitrogen and oxygen atoms in total. The van der Waals surface area contributed by atoms with Crippen molar-refractivity contribution >= 4 is 21.4 Å². The predicted octanol–water partition coefficient (Wildman–Crippen LogP) is 2.24. The van der Waals surface area contributed by atoms with Gasteiger partial charge in [0.25, 0.3) is 5.69 Å². The van der Waals surface area contributed by atoms with E-state index in [2.05, 4.69) is 4.72 Å². The van der Waals surface area contributed by atoms with Crippen molar-refractivity contribution in [3.05, 3.63) is 64.2 Å². The van der Waals surface area contributed by atoms with Crippen molar-refractivity contribution in [1.82, 2.24) is 0 Å². The molecule has 2 aromatic carbocycles. The molecule has 110 valence electrons. The largest absolute Gasteiger partial charge is 0.508 e. The summed E-state index contributed by atoms with van der Waals surface area (Å²) in [6.07, 6.45) is 0. The van der Waals surface area contributed by atoms with Crippen molar-refractivity contribution in [2.75, 3.05) is 4.72 Å². The zero-order valence-electron chi connectivity index (χ0n) is 10.8. The fourth-order valence-corrected chi connectivity index (χ4v) is 2.88. The van der Waals surface area contributed by atoms with E-state index in [0.717, 1.165) is 0 Å². The van der Waals surface area contributed by atoms with Crippen LogP contribution in [0.1, 0.15) is 5.56 Å². The molecule has 0 aromatic heterocycles. The predicted molar refractivity (Wildman–Crippen MR) is 77.4 cm³/mol. The quantitative estimate of drug-likeness (QED) is 0.500. The first kappa shape index (κ1) is 14.8. The van der Waals surface area contributed by atoms with Crippen molar-refractivity contribution in [1.29, 1.82) is 0 Å². The Morgan fingerprint density at radius 3 is 2.14 bits per heavy atom. The summed E-state index contributed by atoms with van der Waals surface area (Å²) >= 11 is 0.